The van der Waals surface area contributed by atoms with Crippen LogP contribution in [-0.2, 0) is 0 Å². The fraction of sp³-hybridized carbons (Fsp3) is 0.417. The first-order valence-electron chi connectivity index (χ1n) is 5.65. The predicted octanol–water partition coefficient (Wildman–Crippen LogP) is 2.02. The van der Waals surface area contributed by atoms with Crippen LogP contribution in [0.25, 0.3) is 11.0 Å². The first-order valence-corrected chi connectivity index (χ1v) is 6.81. The van der Waals surface area contributed by atoms with E-state index in [0.29, 0.717) is 6.04 Å². The van der Waals surface area contributed by atoms with Crippen LogP contribution in [0.3, 0.4) is 0 Å². The molecule has 4 nitrogen and oxygen atoms in total. The summed E-state index contributed by atoms with van der Waals surface area (Å²) in [6.07, 6.45) is 1.06. The van der Waals surface area contributed by atoms with Crippen LogP contribution in [-0.4, -0.2) is 28.2 Å². The summed E-state index contributed by atoms with van der Waals surface area (Å²) in [5.74, 6) is 2.94. The molecule has 5 heteroatoms. The van der Waals surface area contributed by atoms with Crippen molar-refractivity contribution in [3.8, 4) is 5.75 Å². The van der Waals surface area contributed by atoms with Crippen molar-refractivity contribution in [3.05, 3.63) is 28.7 Å². The van der Waals surface area contributed by atoms with Gasteiger partial charge in [0.05, 0.1) is 18.1 Å². The molecule has 0 spiro atoms. The Kier molecular flexibility index (Phi) is 2.63. The van der Waals surface area contributed by atoms with Gasteiger partial charge >= 0.3 is 5.69 Å². The molecule has 1 aliphatic heterocycles. The number of thioether (sulfide) groups is 1. The summed E-state index contributed by atoms with van der Waals surface area (Å²) >= 11 is 1.90. The van der Waals surface area contributed by atoms with E-state index in [-0.39, 0.29) is 5.69 Å². The quantitative estimate of drug-likeness (QED) is 0.887. The van der Waals surface area contributed by atoms with Crippen molar-refractivity contribution in [1.82, 2.24) is 9.55 Å². The van der Waals surface area contributed by atoms with E-state index in [1.807, 2.05) is 34.5 Å². The molecule has 0 amide bonds. The zero-order valence-corrected chi connectivity index (χ0v) is 10.4. The number of ether oxygens (including phenoxy) is 1. The largest absolute Gasteiger partial charge is 0.497 e. The molecule has 17 heavy (non-hydrogen) atoms. The van der Waals surface area contributed by atoms with Crippen molar-refractivity contribution >= 4 is 22.8 Å². The van der Waals surface area contributed by atoms with Crippen molar-refractivity contribution in [2.45, 2.75) is 12.5 Å². The van der Waals surface area contributed by atoms with Crippen molar-refractivity contribution < 1.29 is 4.74 Å². The fourth-order valence-corrected chi connectivity index (χ4v) is 3.51. The molecular formula is C12H14N2O2S. The van der Waals surface area contributed by atoms with Crippen molar-refractivity contribution in [2.75, 3.05) is 18.6 Å². The molecule has 1 unspecified atom stereocenters. The van der Waals surface area contributed by atoms with Gasteiger partial charge in [-0.2, -0.15) is 11.8 Å². The SMILES string of the molecule is COc1ccc2[nH]c(=O)n(C3CCSC3)c2c1. The second kappa shape index (κ2) is 4.14. The highest BCUT2D eigenvalue weighted by Crippen LogP contribution is 2.30. The predicted molar refractivity (Wildman–Crippen MR) is 70.1 cm³/mol. The van der Waals surface area contributed by atoms with Gasteiger partial charge in [-0.25, -0.2) is 4.79 Å². The van der Waals surface area contributed by atoms with Crippen LogP contribution in [0.5, 0.6) is 5.75 Å². The summed E-state index contributed by atoms with van der Waals surface area (Å²) in [5.41, 5.74) is 1.82. The number of hydrogen-bond acceptors (Lipinski definition) is 3. The molecule has 0 saturated carbocycles. The highest BCUT2D eigenvalue weighted by atomic mass is 32.2. The zero-order chi connectivity index (χ0) is 11.8. The first-order chi connectivity index (χ1) is 8.29. The van der Waals surface area contributed by atoms with Gasteiger partial charge in [0.25, 0.3) is 0 Å². The smallest absolute Gasteiger partial charge is 0.326 e. The molecular weight excluding hydrogens is 236 g/mol. The third-order valence-electron chi connectivity index (χ3n) is 3.20. The van der Waals surface area contributed by atoms with Gasteiger partial charge in [-0.3, -0.25) is 4.57 Å². The molecule has 3 rings (SSSR count). The normalized spacial score (nSPS) is 19.9. The number of nitrogens with one attached hydrogen (secondary N) is 1. The minimum Gasteiger partial charge on any atom is -0.497 e. The van der Waals surface area contributed by atoms with Gasteiger partial charge in [-0.15, -0.1) is 0 Å². The van der Waals surface area contributed by atoms with Gasteiger partial charge in [0.2, 0.25) is 0 Å². The third-order valence-corrected chi connectivity index (χ3v) is 4.34. The highest BCUT2D eigenvalue weighted by Gasteiger charge is 2.21. The minimum absolute atomic E-state index is 0.0132. The zero-order valence-electron chi connectivity index (χ0n) is 9.60. The number of benzene rings is 1. The second-order valence-corrected chi connectivity index (χ2v) is 5.35. The van der Waals surface area contributed by atoms with Gasteiger partial charge in [0.15, 0.2) is 0 Å². The number of imidazole rings is 1. The van der Waals surface area contributed by atoms with Crippen LogP contribution >= 0.6 is 11.8 Å². The van der Waals surface area contributed by atoms with Gasteiger partial charge in [-0.1, -0.05) is 0 Å². The van der Waals surface area contributed by atoms with Crippen LogP contribution in [0.15, 0.2) is 23.0 Å². The Morgan fingerprint density at radius 3 is 3.12 bits per heavy atom. The Balaban J connectivity index is 2.20. The number of fused-ring (bicyclic) bond motifs is 1. The standard InChI is InChI=1S/C12H14N2O2S/c1-16-9-2-3-10-11(6-9)14(12(15)13-10)8-4-5-17-7-8/h2-3,6,8H,4-5,7H2,1H3,(H,13,15). The average molecular weight is 250 g/mol. The van der Waals surface area contributed by atoms with Gasteiger partial charge in [0, 0.05) is 17.9 Å². The van der Waals surface area contributed by atoms with E-state index in [1.54, 1.807) is 7.11 Å². The van der Waals surface area contributed by atoms with Crippen LogP contribution in [0.1, 0.15) is 12.5 Å². The highest BCUT2D eigenvalue weighted by molar-refractivity contribution is 7.99. The van der Waals surface area contributed by atoms with Crippen LogP contribution in [0, 0.1) is 0 Å². The molecule has 90 valence electrons. The summed E-state index contributed by atoms with van der Waals surface area (Å²) in [6.45, 7) is 0. The maximum atomic E-state index is 12.0. The monoisotopic (exact) mass is 250 g/mol. The first kappa shape index (κ1) is 10.8. The lowest BCUT2D eigenvalue weighted by Gasteiger charge is -2.10. The molecule has 1 aromatic heterocycles. The van der Waals surface area contributed by atoms with Crippen LogP contribution in [0.2, 0.25) is 0 Å². The summed E-state index contributed by atoms with van der Waals surface area (Å²) < 4.78 is 7.09. The fourth-order valence-electron chi connectivity index (χ4n) is 2.32. The maximum Gasteiger partial charge on any atom is 0.326 e. The lowest BCUT2D eigenvalue weighted by atomic mass is 10.2. The number of nitrogens with zero attached hydrogens (tertiary/aromatic N) is 1. The van der Waals surface area contributed by atoms with E-state index < -0.39 is 0 Å². The molecule has 0 aliphatic carbocycles. The van der Waals surface area contributed by atoms with E-state index >= 15 is 0 Å². The van der Waals surface area contributed by atoms with Gasteiger partial charge in [-0.05, 0) is 24.3 Å². The van der Waals surface area contributed by atoms with E-state index in [4.69, 9.17) is 4.74 Å². The van der Waals surface area contributed by atoms with Crippen LogP contribution in [0.4, 0.5) is 0 Å². The maximum absolute atomic E-state index is 12.0. The molecule has 1 fully saturated rings. The summed E-state index contributed by atoms with van der Waals surface area (Å²) in [6, 6.07) is 6.00. The average Bonchev–Trinajstić information content (AvgIpc) is 2.93. The Bertz CT molecular complexity index is 596. The number of aromatic amines is 1. The molecule has 1 aliphatic rings. The van der Waals surface area contributed by atoms with Gasteiger partial charge < -0.3 is 9.72 Å². The molecule has 0 bridgehead atoms. The molecule has 1 saturated heterocycles. The minimum atomic E-state index is -0.0132. The topological polar surface area (TPSA) is 47.0 Å². The Morgan fingerprint density at radius 2 is 2.41 bits per heavy atom. The Morgan fingerprint density at radius 1 is 1.53 bits per heavy atom. The van der Waals surface area contributed by atoms with Crippen molar-refractivity contribution in [2.24, 2.45) is 0 Å². The summed E-state index contributed by atoms with van der Waals surface area (Å²) in [7, 11) is 1.64. The second-order valence-electron chi connectivity index (χ2n) is 4.20. The van der Waals surface area contributed by atoms with Crippen molar-refractivity contribution in [1.29, 1.82) is 0 Å². The van der Waals surface area contributed by atoms with E-state index in [1.165, 1.54) is 0 Å². The molecule has 2 aromatic rings. The summed E-state index contributed by atoms with van der Waals surface area (Å²) in [5, 5.41) is 0. The molecule has 1 N–H and O–H groups in total. The molecule has 1 atom stereocenters. The number of rotatable bonds is 2. The molecule has 0 radical (unpaired) electrons. The lowest BCUT2D eigenvalue weighted by Crippen LogP contribution is -2.21. The molecule has 2 heterocycles. The third kappa shape index (κ3) is 1.74. The number of H-pyrrole nitrogens is 1. The van der Waals surface area contributed by atoms with E-state index in [9.17, 15) is 4.79 Å². The lowest BCUT2D eigenvalue weighted by molar-refractivity contribution is 0.415. The number of hydrogen-bond donors (Lipinski definition) is 1. The van der Waals surface area contributed by atoms with Crippen LogP contribution < -0.4 is 10.4 Å². The number of aromatic nitrogens is 2. The van der Waals surface area contributed by atoms with E-state index in [0.717, 1.165) is 34.7 Å². The molecule has 1 aromatic carbocycles. The summed E-state index contributed by atoms with van der Waals surface area (Å²) in [4.78, 5) is 14.9. The number of methoxy groups -OCH3 is 1. The Hall–Kier alpha value is -1.36. The van der Waals surface area contributed by atoms with Crippen molar-refractivity contribution in [3.63, 3.8) is 0 Å². The van der Waals surface area contributed by atoms with E-state index in [2.05, 4.69) is 4.98 Å². The van der Waals surface area contributed by atoms with Gasteiger partial charge in [0.1, 0.15) is 5.75 Å². The Labute approximate surface area is 103 Å².